The van der Waals surface area contributed by atoms with E-state index in [4.69, 9.17) is 9.84 Å². The second-order valence-electron chi connectivity index (χ2n) is 6.88. The summed E-state index contributed by atoms with van der Waals surface area (Å²) in [5.41, 5.74) is 3.79. The van der Waals surface area contributed by atoms with Crippen molar-refractivity contribution in [3.05, 3.63) is 41.2 Å². The summed E-state index contributed by atoms with van der Waals surface area (Å²) in [4.78, 5) is 15.2. The molecule has 2 aromatic rings. The number of amides is 1. The molecule has 140 valence electrons. The van der Waals surface area contributed by atoms with Gasteiger partial charge in [0.2, 0.25) is 0 Å². The Bertz CT molecular complexity index is 743. The van der Waals surface area contributed by atoms with E-state index in [0.29, 0.717) is 0 Å². The molecule has 0 bridgehead atoms. The van der Waals surface area contributed by atoms with E-state index >= 15 is 0 Å². The van der Waals surface area contributed by atoms with Gasteiger partial charge in [-0.3, -0.25) is 4.79 Å². The Morgan fingerprint density at radius 1 is 1.08 bits per heavy atom. The second-order valence-corrected chi connectivity index (χ2v) is 6.88. The van der Waals surface area contributed by atoms with Crippen LogP contribution in [0.25, 0.3) is 5.69 Å². The molecule has 0 saturated carbocycles. The quantitative estimate of drug-likeness (QED) is 0.753. The zero-order valence-electron chi connectivity index (χ0n) is 16.1. The number of carbonyl (C=O) groups is 1. The normalized spacial score (nSPS) is 14.0. The van der Waals surface area contributed by atoms with E-state index in [-0.39, 0.29) is 5.91 Å². The maximum atomic E-state index is 13.2. The Balaban J connectivity index is 2.08. The first-order chi connectivity index (χ1) is 12.7. The number of hydrogen-bond donors (Lipinski definition) is 0. The third-order valence-electron chi connectivity index (χ3n) is 4.95. The van der Waals surface area contributed by atoms with Gasteiger partial charge in [0, 0.05) is 13.1 Å². The Morgan fingerprint density at radius 3 is 2.31 bits per heavy atom. The van der Waals surface area contributed by atoms with Gasteiger partial charge in [-0.25, -0.2) is 4.68 Å². The summed E-state index contributed by atoms with van der Waals surface area (Å²) in [6, 6.07) is 7.89. The SMILES string of the molecule is CCCc1nn(-c2ccc(OC)cc2)c(CCC)c1C(=O)N1CCCC1. The summed E-state index contributed by atoms with van der Waals surface area (Å²) >= 11 is 0. The number of hydrogen-bond acceptors (Lipinski definition) is 3. The molecule has 2 heterocycles. The first-order valence-corrected chi connectivity index (χ1v) is 9.74. The molecule has 1 amide bonds. The topological polar surface area (TPSA) is 47.4 Å². The standard InChI is InChI=1S/C21H29N3O2/c1-4-8-18-20(21(25)23-14-6-7-15-23)19(9-5-2)24(22-18)16-10-12-17(26-3)13-11-16/h10-13H,4-9,14-15H2,1-3H3. The monoisotopic (exact) mass is 355 g/mol. The van der Waals surface area contributed by atoms with Crippen molar-refractivity contribution in [3.8, 4) is 11.4 Å². The van der Waals surface area contributed by atoms with Crippen LogP contribution in [0.5, 0.6) is 5.75 Å². The van der Waals surface area contributed by atoms with E-state index in [2.05, 4.69) is 13.8 Å². The van der Waals surface area contributed by atoms with Crippen molar-refractivity contribution in [2.45, 2.75) is 52.4 Å². The van der Waals surface area contributed by atoms with Crippen molar-refractivity contribution >= 4 is 5.91 Å². The summed E-state index contributed by atoms with van der Waals surface area (Å²) in [7, 11) is 1.66. The average Bonchev–Trinajstić information content (AvgIpc) is 3.31. The highest BCUT2D eigenvalue weighted by Gasteiger charge is 2.28. The minimum atomic E-state index is 0.161. The highest BCUT2D eigenvalue weighted by atomic mass is 16.5. The van der Waals surface area contributed by atoms with Crippen molar-refractivity contribution < 1.29 is 9.53 Å². The lowest BCUT2D eigenvalue weighted by Gasteiger charge is -2.17. The van der Waals surface area contributed by atoms with Crippen LogP contribution in [0, 0.1) is 0 Å². The van der Waals surface area contributed by atoms with Gasteiger partial charge in [0.05, 0.1) is 29.7 Å². The lowest BCUT2D eigenvalue weighted by Crippen LogP contribution is -2.29. The van der Waals surface area contributed by atoms with E-state index in [1.165, 1.54) is 0 Å². The summed E-state index contributed by atoms with van der Waals surface area (Å²) in [6.45, 7) is 6.01. The number of rotatable bonds is 7. The van der Waals surface area contributed by atoms with Crippen LogP contribution < -0.4 is 4.74 Å². The zero-order chi connectivity index (χ0) is 18.5. The smallest absolute Gasteiger partial charge is 0.257 e. The minimum absolute atomic E-state index is 0.161. The van der Waals surface area contributed by atoms with E-state index in [1.54, 1.807) is 7.11 Å². The fourth-order valence-electron chi connectivity index (χ4n) is 3.65. The lowest BCUT2D eigenvalue weighted by atomic mass is 10.0. The van der Waals surface area contributed by atoms with Crippen LogP contribution in [0.3, 0.4) is 0 Å². The molecule has 0 N–H and O–H groups in total. The number of methoxy groups -OCH3 is 1. The number of nitrogens with zero attached hydrogens (tertiary/aromatic N) is 3. The minimum Gasteiger partial charge on any atom is -0.497 e. The van der Waals surface area contributed by atoms with Crippen LogP contribution in [0.1, 0.15) is 61.3 Å². The molecule has 1 aromatic heterocycles. The Labute approximate surface area is 156 Å². The Morgan fingerprint density at radius 2 is 1.73 bits per heavy atom. The van der Waals surface area contributed by atoms with E-state index in [0.717, 1.165) is 80.0 Å². The molecule has 3 rings (SSSR count). The molecule has 5 heteroatoms. The number of benzene rings is 1. The first-order valence-electron chi connectivity index (χ1n) is 9.74. The number of carbonyl (C=O) groups excluding carboxylic acids is 1. The largest absolute Gasteiger partial charge is 0.497 e. The second kappa shape index (κ2) is 8.39. The maximum absolute atomic E-state index is 13.2. The van der Waals surface area contributed by atoms with Crippen molar-refractivity contribution in [2.75, 3.05) is 20.2 Å². The van der Waals surface area contributed by atoms with Gasteiger partial charge in [-0.15, -0.1) is 0 Å². The highest BCUT2D eigenvalue weighted by molar-refractivity contribution is 5.97. The van der Waals surface area contributed by atoms with Gasteiger partial charge in [0.25, 0.3) is 5.91 Å². The number of aryl methyl sites for hydroxylation is 1. The number of aromatic nitrogens is 2. The molecule has 1 aliphatic heterocycles. The number of likely N-dealkylation sites (tertiary alicyclic amines) is 1. The Hall–Kier alpha value is -2.30. The van der Waals surface area contributed by atoms with Gasteiger partial charge in [0.15, 0.2) is 0 Å². The van der Waals surface area contributed by atoms with Crippen LogP contribution in [-0.2, 0) is 12.8 Å². The van der Waals surface area contributed by atoms with Crippen molar-refractivity contribution in [3.63, 3.8) is 0 Å². The van der Waals surface area contributed by atoms with E-state index in [9.17, 15) is 4.79 Å². The molecule has 0 spiro atoms. The van der Waals surface area contributed by atoms with Crippen LogP contribution in [0.15, 0.2) is 24.3 Å². The third kappa shape index (κ3) is 3.62. The molecule has 0 unspecified atom stereocenters. The van der Waals surface area contributed by atoms with Gasteiger partial charge >= 0.3 is 0 Å². The zero-order valence-corrected chi connectivity index (χ0v) is 16.1. The lowest BCUT2D eigenvalue weighted by molar-refractivity contribution is 0.0790. The molecular weight excluding hydrogens is 326 g/mol. The fourth-order valence-corrected chi connectivity index (χ4v) is 3.65. The fraction of sp³-hybridized carbons (Fsp3) is 0.524. The molecule has 0 aliphatic carbocycles. The first kappa shape index (κ1) is 18.5. The summed E-state index contributed by atoms with van der Waals surface area (Å²) < 4.78 is 7.24. The highest BCUT2D eigenvalue weighted by Crippen LogP contribution is 2.26. The predicted octanol–water partition coefficient (Wildman–Crippen LogP) is 4.02. The van der Waals surface area contributed by atoms with Crippen LogP contribution in [-0.4, -0.2) is 40.8 Å². The predicted molar refractivity (Wildman–Crippen MR) is 103 cm³/mol. The van der Waals surface area contributed by atoms with Gasteiger partial charge in [0.1, 0.15) is 5.75 Å². The molecule has 1 saturated heterocycles. The van der Waals surface area contributed by atoms with Crippen LogP contribution in [0.4, 0.5) is 0 Å². The molecule has 5 nitrogen and oxygen atoms in total. The average molecular weight is 355 g/mol. The van der Waals surface area contributed by atoms with Gasteiger partial charge in [-0.2, -0.15) is 5.10 Å². The van der Waals surface area contributed by atoms with Crippen molar-refractivity contribution in [1.29, 1.82) is 0 Å². The van der Waals surface area contributed by atoms with Crippen LogP contribution in [0.2, 0.25) is 0 Å². The molecular formula is C21H29N3O2. The molecule has 0 atom stereocenters. The molecule has 1 aromatic carbocycles. The number of ether oxygens (including phenoxy) is 1. The van der Waals surface area contributed by atoms with Crippen molar-refractivity contribution in [2.24, 2.45) is 0 Å². The van der Waals surface area contributed by atoms with E-state index in [1.807, 2.05) is 33.8 Å². The van der Waals surface area contributed by atoms with Gasteiger partial charge < -0.3 is 9.64 Å². The van der Waals surface area contributed by atoms with Gasteiger partial charge in [-0.05, 0) is 49.9 Å². The summed E-state index contributed by atoms with van der Waals surface area (Å²) in [5, 5.41) is 4.87. The molecule has 1 fully saturated rings. The van der Waals surface area contributed by atoms with Gasteiger partial charge in [-0.1, -0.05) is 26.7 Å². The Kier molecular flexibility index (Phi) is 5.96. The molecule has 1 aliphatic rings. The summed E-state index contributed by atoms with van der Waals surface area (Å²) in [6.07, 6.45) is 5.83. The van der Waals surface area contributed by atoms with E-state index < -0.39 is 0 Å². The van der Waals surface area contributed by atoms with Crippen LogP contribution >= 0.6 is 0 Å². The third-order valence-corrected chi connectivity index (χ3v) is 4.95. The molecule has 0 radical (unpaired) electrons. The molecule has 26 heavy (non-hydrogen) atoms. The van der Waals surface area contributed by atoms with Crippen molar-refractivity contribution in [1.82, 2.24) is 14.7 Å². The maximum Gasteiger partial charge on any atom is 0.257 e. The summed E-state index contributed by atoms with van der Waals surface area (Å²) in [5.74, 6) is 0.981.